The van der Waals surface area contributed by atoms with Crippen LogP contribution in [0.25, 0.3) is 0 Å². The van der Waals surface area contributed by atoms with Crippen molar-refractivity contribution in [3.63, 3.8) is 0 Å². The summed E-state index contributed by atoms with van der Waals surface area (Å²) in [4.78, 5) is 26.2. The standard InChI is InChI=1S/C30H29F8NO5S/c31-21-3-1-4-22(16-21)45(43,44)27-13-2-14-39(25(40)17-5-7-18(8-6-17)26(41)42)24(27)12-9-19-15-20(10-11-23(19)27)28(32,29(33,34)35)30(36,37)38/h1,3-4,10-11,15-18,24H,2,5-9,12-14H2,(H,41,42)/t17-,18-,24?,27?. The summed E-state index contributed by atoms with van der Waals surface area (Å²) in [7, 11) is -4.69. The number of aliphatic carboxylic acids is 1. The molecule has 2 aliphatic carbocycles. The molecule has 1 saturated carbocycles. The number of fused-ring (bicyclic) bond motifs is 3. The first-order valence-electron chi connectivity index (χ1n) is 14.4. The Balaban J connectivity index is 1.65. The number of carboxylic acid groups (broad SMARTS) is 1. The van der Waals surface area contributed by atoms with Gasteiger partial charge in [0.05, 0.1) is 16.9 Å². The number of alkyl halides is 7. The molecule has 0 spiro atoms. The van der Waals surface area contributed by atoms with E-state index in [4.69, 9.17) is 0 Å². The molecule has 1 aliphatic heterocycles. The maximum absolute atomic E-state index is 15.0. The van der Waals surface area contributed by atoms with Gasteiger partial charge in [0.1, 0.15) is 10.6 Å². The number of carboxylic acids is 1. The number of rotatable bonds is 5. The molecule has 1 saturated heterocycles. The van der Waals surface area contributed by atoms with Crippen molar-refractivity contribution in [2.24, 2.45) is 11.8 Å². The number of carbonyl (C=O) groups is 2. The van der Waals surface area contributed by atoms with Crippen molar-refractivity contribution in [3.05, 3.63) is 65.0 Å². The van der Waals surface area contributed by atoms with Gasteiger partial charge in [0.2, 0.25) is 5.91 Å². The molecule has 0 radical (unpaired) electrons. The Labute approximate surface area is 253 Å². The number of carbonyl (C=O) groups excluding carboxylic acids is 1. The third-order valence-corrected chi connectivity index (χ3v) is 12.1. The van der Waals surface area contributed by atoms with Gasteiger partial charge in [0, 0.05) is 18.0 Å². The Morgan fingerprint density at radius 1 is 0.867 bits per heavy atom. The van der Waals surface area contributed by atoms with E-state index in [1.165, 1.54) is 4.90 Å². The van der Waals surface area contributed by atoms with Crippen molar-refractivity contribution >= 4 is 21.7 Å². The zero-order chi connectivity index (χ0) is 33.2. The minimum absolute atomic E-state index is 0.0700. The fourth-order valence-corrected chi connectivity index (χ4v) is 9.84. The minimum atomic E-state index is -6.38. The highest BCUT2D eigenvalue weighted by atomic mass is 32.2. The van der Waals surface area contributed by atoms with Gasteiger partial charge in [0.25, 0.3) is 0 Å². The lowest BCUT2D eigenvalue weighted by molar-refractivity contribution is -0.348. The maximum Gasteiger partial charge on any atom is 0.435 e. The van der Waals surface area contributed by atoms with Crippen LogP contribution in [-0.2, 0) is 36.3 Å². The fraction of sp³-hybridized carbons (Fsp3) is 0.533. The molecule has 1 N–H and O–H groups in total. The lowest BCUT2D eigenvalue weighted by atomic mass is 9.71. The van der Waals surface area contributed by atoms with Crippen LogP contribution in [0, 0.1) is 17.7 Å². The third kappa shape index (κ3) is 5.18. The molecule has 6 nitrogen and oxygen atoms in total. The summed E-state index contributed by atoms with van der Waals surface area (Å²) >= 11 is 0. The lowest BCUT2D eigenvalue weighted by Gasteiger charge is -2.53. The average Bonchev–Trinajstić information content (AvgIpc) is 2.98. The molecule has 0 aromatic heterocycles. The molecule has 2 atom stereocenters. The highest BCUT2D eigenvalue weighted by molar-refractivity contribution is 7.92. The number of likely N-dealkylation sites (tertiary alicyclic amines) is 1. The van der Waals surface area contributed by atoms with Gasteiger partial charge in [-0.25, -0.2) is 17.2 Å². The van der Waals surface area contributed by atoms with Crippen molar-refractivity contribution < 1.29 is 58.2 Å². The minimum Gasteiger partial charge on any atom is -0.481 e. The monoisotopic (exact) mass is 667 g/mol. The molecule has 3 aliphatic rings. The van der Waals surface area contributed by atoms with Crippen molar-refractivity contribution in [3.8, 4) is 0 Å². The summed E-state index contributed by atoms with van der Waals surface area (Å²) in [6.07, 6.45) is -12.4. The van der Waals surface area contributed by atoms with Crippen molar-refractivity contribution in [2.45, 2.75) is 85.1 Å². The van der Waals surface area contributed by atoms with Crippen LogP contribution in [0.2, 0.25) is 0 Å². The van der Waals surface area contributed by atoms with Crippen molar-refractivity contribution in [1.82, 2.24) is 4.90 Å². The normalized spacial score (nSPS) is 26.1. The molecule has 45 heavy (non-hydrogen) atoms. The molecule has 246 valence electrons. The van der Waals surface area contributed by atoms with Gasteiger partial charge in [-0.05, 0) is 80.7 Å². The molecule has 0 bridgehead atoms. The number of hydrogen-bond donors (Lipinski definition) is 1. The van der Waals surface area contributed by atoms with Gasteiger partial charge >= 0.3 is 24.0 Å². The van der Waals surface area contributed by atoms with Crippen LogP contribution in [0.4, 0.5) is 35.1 Å². The Kier molecular flexibility index (Phi) is 8.27. The second-order valence-corrected chi connectivity index (χ2v) is 14.2. The molecule has 2 fully saturated rings. The Morgan fingerprint density at radius 3 is 2.07 bits per heavy atom. The van der Waals surface area contributed by atoms with Crippen LogP contribution < -0.4 is 0 Å². The molecule has 2 aromatic carbocycles. The molecule has 15 heteroatoms. The van der Waals surface area contributed by atoms with Gasteiger partial charge in [0.15, 0.2) is 9.84 Å². The van der Waals surface area contributed by atoms with E-state index in [1.807, 2.05) is 0 Å². The first-order chi connectivity index (χ1) is 20.9. The molecule has 2 aromatic rings. The predicted octanol–water partition coefficient (Wildman–Crippen LogP) is 6.61. The van der Waals surface area contributed by atoms with E-state index in [9.17, 15) is 53.8 Å². The lowest BCUT2D eigenvalue weighted by Crippen LogP contribution is -2.62. The molecular formula is C30H29F8NO5S. The number of nitrogens with zero attached hydrogens (tertiary/aromatic N) is 1. The summed E-state index contributed by atoms with van der Waals surface area (Å²) in [5.74, 6) is -3.58. The topological polar surface area (TPSA) is 91.8 Å². The largest absolute Gasteiger partial charge is 0.481 e. The highest BCUT2D eigenvalue weighted by Gasteiger charge is 2.73. The van der Waals surface area contributed by atoms with Gasteiger partial charge in [-0.15, -0.1) is 0 Å². The SMILES string of the molecule is O=C(O)[C@H]1CC[C@H](C(=O)N2CCCC3(S(=O)(=O)c4cccc(F)c4)c4ccc(C(F)(C(F)(F)F)C(F)(F)F)cc4CCC23)CC1. The van der Waals surface area contributed by atoms with Crippen LogP contribution in [0.1, 0.15) is 61.6 Å². The summed E-state index contributed by atoms with van der Waals surface area (Å²) in [5.41, 5.74) is -7.91. The van der Waals surface area contributed by atoms with Crippen molar-refractivity contribution in [1.29, 1.82) is 0 Å². The molecule has 5 rings (SSSR count). The summed E-state index contributed by atoms with van der Waals surface area (Å²) < 4.78 is 138. The molecule has 1 amide bonds. The Bertz CT molecular complexity index is 1590. The van der Waals surface area contributed by atoms with Gasteiger partial charge in [-0.1, -0.05) is 24.3 Å². The van der Waals surface area contributed by atoms with Gasteiger partial charge in [-0.2, -0.15) is 26.3 Å². The second kappa shape index (κ2) is 11.2. The van der Waals surface area contributed by atoms with Crippen LogP contribution in [0.15, 0.2) is 47.4 Å². The predicted molar refractivity (Wildman–Crippen MR) is 143 cm³/mol. The first-order valence-corrected chi connectivity index (χ1v) is 15.8. The van der Waals surface area contributed by atoms with Crippen LogP contribution in [0.3, 0.4) is 0 Å². The van der Waals surface area contributed by atoms with E-state index < -0.39 is 78.6 Å². The number of benzene rings is 2. The molecule has 2 unspecified atom stereocenters. The maximum atomic E-state index is 15.0. The number of piperidine rings is 1. The number of amides is 1. The van der Waals surface area contributed by atoms with Crippen LogP contribution in [0.5, 0.6) is 0 Å². The zero-order valence-corrected chi connectivity index (χ0v) is 24.4. The van der Waals surface area contributed by atoms with E-state index >= 15 is 4.39 Å². The Hall–Kier alpha value is -3.23. The number of hydrogen-bond acceptors (Lipinski definition) is 4. The summed E-state index contributed by atoms with van der Waals surface area (Å²) in [6.45, 7) is 0.103. The average molecular weight is 668 g/mol. The van der Waals surface area contributed by atoms with E-state index in [0.29, 0.717) is 6.07 Å². The van der Waals surface area contributed by atoms with E-state index in [0.717, 1.165) is 30.3 Å². The summed E-state index contributed by atoms with van der Waals surface area (Å²) in [5, 5.41) is 9.33. The van der Waals surface area contributed by atoms with Crippen LogP contribution in [-0.4, -0.2) is 55.2 Å². The third-order valence-electron chi connectivity index (χ3n) is 9.58. The zero-order valence-electron chi connectivity index (χ0n) is 23.6. The number of sulfone groups is 1. The molecular weight excluding hydrogens is 638 g/mol. The highest BCUT2D eigenvalue weighted by Crippen LogP contribution is 2.56. The Morgan fingerprint density at radius 2 is 1.49 bits per heavy atom. The van der Waals surface area contributed by atoms with E-state index in [1.54, 1.807) is 0 Å². The second-order valence-electron chi connectivity index (χ2n) is 12.0. The van der Waals surface area contributed by atoms with E-state index in [2.05, 4.69) is 0 Å². The number of halogens is 8. The van der Waals surface area contributed by atoms with Crippen molar-refractivity contribution in [2.75, 3.05) is 6.54 Å². The number of aryl methyl sites for hydroxylation is 1. The fourth-order valence-electron chi connectivity index (χ4n) is 7.39. The van der Waals surface area contributed by atoms with Gasteiger partial charge < -0.3 is 10.0 Å². The van der Waals surface area contributed by atoms with E-state index in [-0.39, 0.29) is 75.1 Å². The van der Waals surface area contributed by atoms with Gasteiger partial charge in [-0.3, -0.25) is 9.59 Å². The smallest absolute Gasteiger partial charge is 0.435 e. The quantitative estimate of drug-likeness (QED) is 0.363. The molecule has 1 heterocycles. The summed E-state index contributed by atoms with van der Waals surface area (Å²) in [6, 6.07) is 4.28. The van der Waals surface area contributed by atoms with Crippen LogP contribution >= 0.6 is 0 Å². The first kappa shape index (κ1) is 33.1.